The third kappa shape index (κ3) is 3.99. The average molecular weight is 342 g/mol. The summed E-state index contributed by atoms with van der Waals surface area (Å²) in [6, 6.07) is 1.65. The van der Waals surface area contributed by atoms with Crippen LogP contribution < -0.4 is 0 Å². The lowest BCUT2D eigenvalue weighted by Gasteiger charge is -2.21. The molecule has 2 heterocycles. The summed E-state index contributed by atoms with van der Waals surface area (Å²) in [5, 5.41) is 0. The van der Waals surface area contributed by atoms with Gasteiger partial charge < -0.3 is 9.80 Å². The van der Waals surface area contributed by atoms with Crippen molar-refractivity contribution >= 4 is 52.0 Å². The van der Waals surface area contributed by atoms with Crippen LogP contribution in [0.4, 0.5) is 0 Å². The molecule has 1 aliphatic rings. The quantitative estimate of drug-likeness (QED) is 0.786. The first-order chi connectivity index (χ1) is 9.11. The number of carbonyl (C=O) groups is 1. The summed E-state index contributed by atoms with van der Waals surface area (Å²) in [4.78, 5) is 16.5. The van der Waals surface area contributed by atoms with Gasteiger partial charge in [0.2, 0.25) is 0 Å². The molecule has 1 aliphatic heterocycles. The van der Waals surface area contributed by atoms with Crippen molar-refractivity contribution in [2.24, 2.45) is 0 Å². The summed E-state index contributed by atoms with van der Waals surface area (Å²) < 4.78 is 1.02. The molecule has 1 fully saturated rings. The van der Waals surface area contributed by atoms with Crippen LogP contribution in [0.5, 0.6) is 0 Å². The molecule has 0 bridgehead atoms. The fourth-order valence-electron chi connectivity index (χ4n) is 2.17. The number of halogens is 3. The fraction of sp³-hybridized carbons (Fsp3) is 0.583. The van der Waals surface area contributed by atoms with Crippen molar-refractivity contribution in [2.45, 2.75) is 6.42 Å². The Hall–Kier alpha value is -0.000000000000000111. The van der Waals surface area contributed by atoms with Crippen molar-refractivity contribution in [1.29, 1.82) is 0 Å². The lowest BCUT2D eigenvalue weighted by atomic mass is 10.3. The maximum absolute atomic E-state index is 12.4. The number of hydrogen-bond donors (Lipinski definition) is 0. The van der Waals surface area contributed by atoms with E-state index in [2.05, 4.69) is 4.90 Å². The Balaban J connectivity index is 2.02. The largest absolute Gasteiger partial charge is 0.337 e. The normalized spacial score (nSPS) is 17.5. The first kappa shape index (κ1) is 15.4. The molecule has 1 amide bonds. The van der Waals surface area contributed by atoms with Crippen molar-refractivity contribution in [3.63, 3.8) is 0 Å². The number of amides is 1. The lowest BCUT2D eigenvalue weighted by molar-refractivity contribution is 0.0762. The van der Waals surface area contributed by atoms with E-state index in [0.29, 0.717) is 26.7 Å². The van der Waals surface area contributed by atoms with Crippen molar-refractivity contribution in [1.82, 2.24) is 9.80 Å². The summed E-state index contributed by atoms with van der Waals surface area (Å²) in [7, 11) is 0. The van der Waals surface area contributed by atoms with Crippen LogP contribution >= 0.6 is 46.1 Å². The Morgan fingerprint density at radius 3 is 2.68 bits per heavy atom. The smallest absolute Gasteiger partial charge is 0.256 e. The number of nitrogens with zero attached hydrogens (tertiary/aromatic N) is 2. The minimum Gasteiger partial charge on any atom is -0.337 e. The molecule has 1 aromatic rings. The molecule has 7 heteroatoms. The maximum atomic E-state index is 12.4. The Morgan fingerprint density at radius 1 is 1.26 bits per heavy atom. The molecule has 0 spiro atoms. The van der Waals surface area contributed by atoms with Gasteiger partial charge in [-0.1, -0.05) is 23.2 Å². The van der Waals surface area contributed by atoms with Gasteiger partial charge in [0.25, 0.3) is 5.91 Å². The molecule has 0 unspecified atom stereocenters. The van der Waals surface area contributed by atoms with Gasteiger partial charge in [-0.3, -0.25) is 4.79 Å². The number of rotatable bonds is 3. The Kier molecular flexibility index (Phi) is 5.78. The summed E-state index contributed by atoms with van der Waals surface area (Å²) in [6.45, 7) is 4.16. The first-order valence-electron chi connectivity index (χ1n) is 6.14. The Morgan fingerprint density at radius 2 is 2.05 bits per heavy atom. The monoisotopic (exact) mass is 340 g/mol. The van der Waals surface area contributed by atoms with Gasteiger partial charge in [-0.25, -0.2) is 0 Å². The van der Waals surface area contributed by atoms with Gasteiger partial charge in [0.1, 0.15) is 4.34 Å². The predicted octanol–water partition coefficient (Wildman–Crippen LogP) is 3.44. The fourth-order valence-corrected chi connectivity index (χ4v) is 3.86. The van der Waals surface area contributed by atoms with Crippen LogP contribution in [0, 0.1) is 0 Å². The van der Waals surface area contributed by atoms with E-state index in [1.807, 2.05) is 4.90 Å². The van der Waals surface area contributed by atoms with Crippen LogP contribution in [0.25, 0.3) is 0 Å². The van der Waals surface area contributed by atoms with Gasteiger partial charge in [-0.2, -0.15) is 0 Å². The van der Waals surface area contributed by atoms with Crippen LogP contribution in [-0.2, 0) is 0 Å². The van der Waals surface area contributed by atoms with Crippen molar-refractivity contribution in [3.8, 4) is 0 Å². The van der Waals surface area contributed by atoms with E-state index in [4.69, 9.17) is 34.8 Å². The van der Waals surface area contributed by atoms with Crippen LogP contribution in [0.3, 0.4) is 0 Å². The highest BCUT2D eigenvalue weighted by Crippen LogP contribution is 2.32. The summed E-state index contributed by atoms with van der Waals surface area (Å²) in [6.07, 6.45) is 0.956. The van der Waals surface area contributed by atoms with Gasteiger partial charge in [-0.15, -0.1) is 22.9 Å². The molecule has 106 valence electrons. The molecule has 0 saturated carbocycles. The molecule has 0 aromatic carbocycles. The van der Waals surface area contributed by atoms with Crippen molar-refractivity contribution < 1.29 is 4.79 Å². The first-order valence-corrected chi connectivity index (χ1v) is 8.25. The molecule has 0 aliphatic carbocycles. The molecule has 0 radical (unpaired) electrons. The lowest BCUT2D eigenvalue weighted by Crippen LogP contribution is -2.35. The molecule has 19 heavy (non-hydrogen) atoms. The maximum Gasteiger partial charge on any atom is 0.256 e. The van der Waals surface area contributed by atoms with Gasteiger partial charge >= 0.3 is 0 Å². The van der Waals surface area contributed by atoms with E-state index in [9.17, 15) is 4.79 Å². The third-order valence-electron chi connectivity index (χ3n) is 3.16. The highest BCUT2D eigenvalue weighted by atomic mass is 35.5. The van der Waals surface area contributed by atoms with E-state index >= 15 is 0 Å². The Bertz CT molecular complexity index is 452. The molecular formula is C12H15Cl3N2OS. The van der Waals surface area contributed by atoms with Crippen LogP contribution in [0.2, 0.25) is 8.67 Å². The number of carbonyl (C=O) groups excluding carboxylic acids is 1. The summed E-state index contributed by atoms with van der Waals surface area (Å²) in [5.74, 6) is 0.598. The van der Waals surface area contributed by atoms with E-state index in [1.165, 1.54) is 11.3 Å². The van der Waals surface area contributed by atoms with Crippen LogP contribution in [0.1, 0.15) is 16.8 Å². The van der Waals surface area contributed by atoms with Gasteiger partial charge in [0.15, 0.2) is 0 Å². The zero-order valence-corrected chi connectivity index (χ0v) is 13.5. The highest BCUT2D eigenvalue weighted by Gasteiger charge is 2.23. The minimum absolute atomic E-state index is 0.0270. The molecular weight excluding hydrogens is 327 g/mol. The molecule has 2 rings (SSSR count). The zero-order valence-electron chi connectivity index (χ0n) is 10.4. The standard InChI is InChI=1S/C12H15Cl3N2OS/c13-2-5-16-3-1-4-17(7-6-16)12(18)9-8-10(14)19-11(9)15/h8H,1-7H2. The molecule has 0 atom stereocenters. The second kappa shape index (κ2) is 7.14. The molecule has 3 nitrogen and oxygen atoms in total. The van der Waals surface area contributed by atoms with Crippen molar-refractivity contribution in [2.75, 3.05) is 38.6 Å². The summed E-state index contributed by atoms with van der Waals surface area (Å²) in [5.41, 5.74) is 0.516. The SMILES string of the molecule is O=C(c1cc(Cl)sc1Cl)N1CCCN(CCCl)CC1. The van der Waals surface area contributed by atoms with E-state index in [-0.39, 0.29) is 5.91 Å². The third-order valence-corrected chi connectivity index (χ3v) is 4.82. The minimum atomic E-state index is -0.0270. The Labute approximate surface area is 132 Å². The topological polar surface area (TPSA) is 23.6 Å². The zero-order chi connectivity index (χ0) is 13.8. The average Bonchev–Trinajstić information content (AvgIpc) is 2.59. The number of alkyl halides is 1. The predicted molar refractivity (Wildman–Crippen MR) is 82.0 cm³/mol. The van der Waals surface area contributed by atoms with Gasteiger partial charge in [0.05, 0.1) is 9.90 Å². The highest BCUT2D eigenvalue weighted by molar-refractivity contribution is 7.20. The van der Waals surface area contributed by atoms with E-state index < -0.39 is 0 Å². The van der Waals surface area contributed by atoms with E-state index in [0.717, 1.165) is 32.6 Å². The van der Waals surface area contributed by atoms with Crippen molar-refractivity contribution in [3.05, 3.63) is 20.3 Å². The summed E-state index contributed by atoms with van der Waals surface area (Å²) >= 11 is 18.9. The van der Waals surface area contributed by atoms with Crippen LogP contribution in [-0.4, -0.2) is 54.3 Å². The number of thiophene rings is 1. The van der Waals surface area contributed by atoms with E-state index in [1.54, 1.807) is 6.07 Å². The van der Waals surface area contributed by atoms with Crippen LogP contribution in [0.15, 0.2) is 6.07 Å². The molecule has 1 saturated heterocycles. The van der Waals surface area contributed by atoms with Gasteiger partial charge in [0, 0.05) is 32.1 Å². The second-order valence-electron chi connectivity index (χ2n) is 4.41. The van der Waals surface area contributed by atoms with Gasteiger partial charge in [-0.05, 0) is 19.0 Å². The molecule has 1 aromatic heterocycles. The second-order valence-corrected chi connectivity index (χ2v) is 7.08. The molecule has 0 N–H and O–H groups in total. The number of hydrogen-bond acceptors (Lipinski definition) is 3.